The SMILES string of the molecule is NC/C(=C\F)Cc1ccc(O)cc1. The molecule has 0 saturated carbocycles. The highest BCUT2D eigenvalue weighted by Gasteiger charge is 1.97. The van der Waals surface area contributed by atoms with E-state index in [9.17, 15) is 4.39 Å². The first-order valence-electron chi connectivity index (χ1n) is 4.02. The summed E-state index contributed by atoms with van der Waals surface area (Å²) in [7, 11) is 0. The van der Waals surface area contributed by atoms with Crippen molar-refractivity contribution in [3.8, 4) is 5.75 Å². The lowest BCUT2D eigenvalue weighted by Gasteiger charge is -2.02. The Balaban J connectivity index is 2.69. The minimum atomic E-state index is 0.210. The first-order chi connectivity index (χ1) is 6.26. The van der Waals surface area contributed by atoms with Gasteiger partial charge in [0.1, 0.15) is 5.75 Å². The minimum Gasteiger partial charge on any atom is -0.508 e. The Hall–Kier alpha value is -1.35. The molecule has 0 spiro atoms. The molecule has 3 heteroatoms. The van der Waals surface area contributed by atoms with Gasteiger partial charge in [0.15, 0.2) is 0 Å². The third kappa shape index (κ3) is 2.87. The van der Waals surface area contributed by atoms with Crippen molar-refractivity contribution in [2.45, 2.75) is 6.42 Å². The molecule has 0 aromatic heterocycles. The lowest BCUT2D eigenvalue weighted by molar-refractivity contribution is 0.475. The monoisotopic (exact) mass is 181 g/mol. The topological polar surface area (TPSA) is 46.2 Å². The standard InChI is InChI=1S/C10H12FNO/c11-6-9(7-12)5-8-1-3-10(13)4-2-8/h1-4,6,13H,5,7,12H2/b9-6-. The highest BCUT2D eigenvalue weighted by Crippen LogP contribution is 2.12. The van der Waals surface area contributed by atoms with Gasteiger partial charge in [-0.1, -0.05) is 12.1 Å². The number of halogens is 1. The average molecular weight is 181 g/mol. The molecule has 1 rings (SSSR count). The van der Waals surface area contributed by atoms with E-state index >= 15 is 0 Å². The summed E-state index contributed by atoms with van der Waals surface area (Å²) in [4.78, 5) is 0. The number of phenolic OH excluding ortho intramolecular Hbond substituents is 1. The first kappa shape index (κ1) is 9.74. The molecule has 0 heterocycles. The van der Waals surface area contributed by atoms with Gasteiger partial charge >= 0.3 is 0 Å². The van der Waals surface area contributed by atoms with Crippen LogP contribution in [0.5, 0.6) is 5.75 Å². The van der Waals surface area contributed by atoms with Gasteiger partial charge in [0.2, 0.25) is 0 Å². The van der Waals surface area contributed by atoms with Crippen molar-refractivity contribution in [2.75, 3.05) is 6.54 Å². The van der Waals surface area contributed by atoms with Crippen molar-refractivity contribution >= 4 is 0 Å². The van der Waals surface area contributed by atoms with Gasteiger partial charge in [-0.15, -0.1) is 0 Å². The van der Waals surface area contributed by atoms with E-state index in [0.717, 1.165) is 5.56 Å². The molecule has 0 bridgehead atoms. The van der Waals surface area contributed by atoms with E-state index in [1.165, 1.54) is 0 Å². The van der Waals surface area contributed by atoms with Crippen molar-refractivity contribution in [2.24, 2.45) is 5.73 Å². The maximum Gasteiger partial charge on any atom is 0.115 e. The number of rotatable bonds is 3. The lowest BCUT2D eigenvalue weighted by Crippen LogP contribution is -2.05. The Labute approximate surface area is 76.5 Å². The molecular weight excluding hydrogens is 169 g/mol. The Bertz CT molecular complexity index is 292. The summed E-state index contributed by atoms with van der Waals surface area (Å²) in [5, 5.41) is 8.99. The molecule has 0 radical (unpaired) electrons. The largest absolute Gasteiger partial charge is 0.508 e. The molecule has 2 nitrogen and oxygen atoms in total. The van der Waals surface area contributed by atoms with Crippen molar-refractivity contribution in [1.82, 2.24) is 0 Å². The summed E-state index contributed by atoms with van der Waals surface area (Å²) < 4.78 is 12.1. The van der Waals surface area contributed by atoms with E-state index in [4.69, 9.17) is 10.8 Å². The lowest BCUT2D eigenvalue weighted by atomic mass is 10.1. The van der Waals surface area contributed by atoms with Crippen LogP contribution >= 0.6 is 0 Å². The number of phenols is 1. The van der Waals surface area contributed by atoms with Crippen LogP contribution in [0, 0.1) is 0 Å². The molecule has 3 N–H and O–H groups in total. The fourth-order valence-electron chi connectivity index (χ4n) is 1.03. The Morgan fingerprint density at radius 1 is 1.38 bits per heavy atom. The second-order valence-electron chi connectivity index (χ2n) is 2.81. The van der Waals surface area contributed by atoms with Crippen LogP contribution in [0.25, 0.3) is 0 Å². The van der Waals surface area contributed by atoms with Crippen LogP contribution < -0.4 is 5.73 Å². The molecule has 0 fully saturated rings. The molecule has 0 aliphatic rings. The summed E-state index contributed by atoms with van der Waals surface area (Å²) in [6, 6.07) is 6.63. The average Bonchev–Trinajstić information content (AvgIpc) is 2.17. The molecule has 0 saturated heterocycles. The van der Waals surface area contributed by atoms with Crippen LogP contribution in [0.4, 0.5) is 4.39 Å². The first-order valence-corrected chi connectivity index (χ1v) is 4.02. The van der Waals surface area contributed by atoms with E-state index in [0.29, 0.717) is 18.3 Å². The zero-order valence-electron chi connectivity index (χ0n) is 7.20. The smallest absolute Gasteiger partial charge is 0.115 e. The van der Waals surface area contributed by atoms with Crippen molar-refractivity contribution in [1.29, 1.82) is 0 Å². The van der Waals surface area contributed by atoms with Gasteiger partial charge in [0.05, 0.1) is 6.33 Å². The molecule has 0 unspecified atom stereocenters. The van der Waals surface area contributed by atoms with E-state index < -0.39 is 0 Å². The second-order valence-corrected chi connectivity index (χ2v) is 2.81. The maximum absolute atomic E-state index is 12.1. The summed E-state index contributed by atoms with van der Waals surface area (Å²) in [5.74, 6) is 0.210. The highest BCUT2D eigenvalue weighted by atomic mass is 19.1. The molecule has 1 aromatic carbocycles. The Kier molecular flexibility index (Phi) is 3.46. The summed E-state index contributed by atoms with van der Waals surface area (Å²) in [6.07, 6.45) is 1.03. The van der Waals surface area contributed by atoms with Gasteiger partial charge in [0, 0.05) is 6.54 Å². The summed E-state index contributed by atoms with van der Waals surface area (Å²) >= 11 is 0. The molecule has 0 aliphatic carbocycles. The predicted octanol–water partition coefficient (Wildman–Crippen LogP) is 1.75. The molecule has 1 aromatic rings. The Morgan fingerprint density at radius 3 is 2.46 bits per heavy atom. The third-order valence-corrected chi connectivity index (χ3v) is 1.78. The van der Waals surface area contributed by atoms with Gasteiger partial charge in [0.25, 0.3) is 0 Å². The van der Waals surface area contributed by atoms with Crippen LogP contribution in [0.3, 0.4) is 0 Å². The minimum absolute atomic E-state index is 0.210. The van der Waals surface area contributed by atoms with Gasteiger partial charge in [-0.05, 0) is 29.7 Å². The zero-order chi connectivity index (χ0) is 9.68. The van der Waals surface area contributed by atoms with Crippen molar-refractivity contribution < 1.29 is 9.50 Å². The van der Waals surface area contributed by atoms with E-state index in [1.807, 2.05) is 0 Å². The number of nitrogens with two attached hydrogens (primary N) is 1. The van der Waals surface area contributed by atoms with Crippen LogP contribution in [0.2, 0.25) is 0 Å². The number of hydrogen-bond acceptors (Lipinski definition) is 2. The quantitative estimate of drug-likeness (QED) is 0.746. The highest BCUT2D eigenvalue weighted by molar-refractivity contribution is 5.28. The van der Waals surface area contributed by atoms with Gasteiger partial charge < -0.3 is 10.8 Å². The molecule has 0 aliphatic heterocycles. The summed E-state index contributed by atoms with van der Waals surface area (Å²) in [5.41, 5.74) is 6.79. The third-order valence-electron chi connectivity index (χ3n) is 1.78. The van der Waals surface area contributed by atoms with Crippen LogP contribution in [-0.2, 0) is 6.42 Å². The van der Waals surface area contributed by atoms with Crippen LogP contribution in [0.15, 0.2) is 36.2 Å². The number of hydrogen-bond donors (Lipinski definition) is 2. The Morgan fingerprint density at radius 2 is 2.00 bits per heavy atom. The maximum atomic E-state index is 12.1. The van der Waals surface area contributed by atoms with E-state index in [1.54, 1.807) is 24.3 Å². The van der Waals surface area contributed by atoms with Gasteiger partial charge in [-0.3, -0.25) is 0 Å². The molecule has 13 heavy (non-hydrogen) atoms. The number of aromatic hydroxyl groups is 1. The van der Waals surface area contributed by atoms with Crippen LogP contribution in [0.1, 0.15) is 5.56 Å². The normalized spacial score (nSPS) is 11.7. The van der Waals surface area contributed by atoms with E-state index in [-0.39, 0.29) is 12.3 Å². The molecule has 0 amide bonds. The number of benzene rings is 1. The van der Waals surface area contributed by atoms with Crippen molar-refractivity contribution in [3.05, 3.63) is 41.7 Å². The molecule has 70 valence electrons. The van der Waals surface area contributed by atoms with Gasteiger partial charge in [-0.2, -0.15) is 0 Å². The zero-order valence-corrected chi connectivity index (χ0v) is 7.20. The fourth-order valence-corrected chi connectivity index (χ4v) is 1.03. The van der Waals surface area contributed by atoms with Crippen molar-refractivity contribution in [3.63, 3.8) is 0 Å². The predicted molar refractivity (Wildman–Crippen MR) is 50.1 cm³/mol. The van der Waals surface area contributed by atoms with Gasteiger partial charge in [-0.25, -0.2) is 4.39 Å². The molecule has 0 atom stereocenters. The van der Waals surface area contributed by atoms with Crippen LogP contribution in [-0.4, -0.2) is 11.7 Å². The molecular formula is C10H12FNO. The van der Waals surface area contributed by atoms with E-state index in [2.05, 4.69) is 0 Å². The second kappa shape index (κ2) is 4.62. The summed E-state index contributed by atoms with van der Waals surface area (Å²) in [6.45, 7) is 0.220. The fraction of sp³-hybridized carbons (Fsp3) is 0.200.